The highest BCUT2D eigenvalue weighted by atomic mass is 79.9. The van der Waals surface area contributed by atoms with E-state index in [1.54, 1.807) is 12.4 Å². The first-order chi connectivity index (χ1) is 7.50. The largest absolute Gasteiger partial charge is 0.477 e. The van der Waals surface area contributed by atoms with Crippen LogP contribution in [-0.2, 0) is 0 Å². The fraction of sp³-hybridized carbons (Fsp3) is 0.300. The van der Waals surface area contributed by atoms with Gasteiger partial charge in [-0.1, -0.05) is 13.8 Å². The Morgan fingerprint density at radius 1 is 1.56 bits per heavy atom. The molecule has 0 aliphatic rings. The normalized spacial score (nSPS) is 11.2. The minimum Gasteiger partial charge on any atom is -0.477 e. The average molecular weight is 284 g/mol. The predicted molar refractivity (Wildman–Crippen MR) is 61.7 cm³/mol. The van der Waals surface area contributed by atoms with E-state index >= 15 is 0 Å². The molecule has 0 bridgehead atoms. The van der Waals surface area contributed by atoms with E-state index in [-0.39, 0.29) is 11.6 Å². The number of nitrogens with zero attached hydrogens (tertiary/aromatic N) is 3. The van der Waals surface area contributed by atoms with Crippen molar-refractivity contribution in [1.82, 2.24) is 14.4 Å². The van der Waals surface area contributed by atoms with Crippen LogP contribution in [0.5, 0.6) is 0 Å². The van der Waals surface area contributed by atoms with Gasteiger partial charge in [0.25, 0.3) is 0 Å². The summed E-state index contributed by atoms with van der Waals surface area (Å²) in [6.45, 7) is 3.81. The summed E-state index contributed by atoms with van der Waals surface area (Å²) in [6.07, 6.45) is 3.25. The Hall–Kier alpha value is -1.43. The summed E-state index contributed by atoms with van der Waals surface area (Å²) < 4.78 is 2.21. The number of fused-ring (bicyclic) bond motifs is 1. The van der Waals surface area contributed by atoms with E-state index in [2.05, 4.69) is 25.9 Å². The maximum atomic E-state index is 11.2. The number of hydrogen-bond acceptors (Lipinski definition) is 3. The zero-order chi connectivity index (χ0) is 11.9. The van der Waals surface area contributed by atoms with Crippen LogP contribution in [-0.4, -0.2) is 25.4 Å². The second-order valence-corrected chi connectivity index (χ2v) is 4.66. The molecule has 16 heavy (non-hydrogen) atoms. The zero-order valence-corrected chi connectivity index (χ0v) is 10.4. The topological polar surface area (TPSA) is 67.5 Å². The quantitative estimate of drug-likeness (QED) is 0.918. The standard InChI is InChI=1S/C10H10BrN3O2/c1-5(2)7-8(9(15)16)14-4-6(11)3-12-10(14)13-7/h3-5H,1-2H3,(H,15,16). The van der Waals surface area contributed by atoms with Gasteiger partial charge in [-0.3, -0.25) is 4.40 Å². The minimum absolute atomic E-state index is 0.0478. The second-order valence-electron chi connectivity index (χ2n) is 3.75. The van der Waals surface area contributed by atoms with Gasteiger partial charge in [-0.15, -0.1) is 0 Å². The van der Waals surface area contributed by atoms with Crippen molar-refractivity contribution in [3.63, 3.8) is 0 Å². The molecule has 0 radical (unpaired) electrons. The molecule has 2 heterocycles. The summed E-state index contributed by atoms with van der Waals surface area (Å²) in [5.74, 6) is -0.535. The molecular formula is C10H10BrN3O2. The van der Waals surface area contributed by atoms with E-state index in [1.165, 1.54) is 4.40 Å². The van der Waals surface area contributed by atoms with Crippen molar-refractivity contribution in [2.45, 2.75) is 19.8 Å². The van der Waals surface area contributed by atoms with Crippen LogP contribution >= 0.6 is 15.9 Å². The second kappa shape index (κ2) is 3.86. The number of halogens is 1. The van der Waals surface area contributed by atoms with Crippen LogP contribution in [0.15, 0.2) is 16.9 Å². The summed E-state index contributed by atoms with van der Waals surface area (Å²) >= 11 is 3.26. The van der Waals surface area contributed by atoms with Crippen molar-refractivity contribution in [1.29, 1.82) is 0 Å². The lowest BCUT2D eigenvalue weighted by Crippen LogP contribution is -2.06. The maximum Gasteiger partial charge on any atom is 0.354 e. The van der Waals surface area contributed by atoms with Crippen LogP contribution in [0.25, 0.3) is 5.78 Å². The lowest BCUT2D eigenvalue weighted by molar-refractivity contribution is 0.0687. The van der Waals surface area contributed by atoms with Gasteiger partial charge in [0, 0.05) is 12.4 Å². The van der Waals surface area contributed by atoms with E-state index in [0.717, 1.165) is 4.47 Å². The lowest BCUT2D eigenvalue weighted by atomic mass is 10.1. The molecule has 0 saturated heterocycles. The smallest absolute Gasteiger partial charge is 0.354 e. The molecule has 0 spiro atoms. The Labute approximate surface area is 100 Å². The average Bonchev–Trinajstić information content (AvgIpc) is 2.55. The molecule has 2 aromatic rings. The lowest BCUT2D eigenvalue weighted by Gasteiger charge is -2.02. The first kappa shape index (κ1) is 11.1. The minimum atomic E-state index is -0.990. The predicted octanol–water partition coefficient (Wildman–Crippen LogP) is 2.31. The van der Waals surface area contributed by atoms with Crippen LogP contribution < -0.4 is 0 Å². The van der Waals surface area contributed by atoms with Crippen molar-refractivity contribution in [3.8, 4) is 0 Å². The van der Waals surface area contributed by atoms with Crippen molar-refractivity contribution < 1.29 is 9.90 Å². The number of carboxylic acid groups (broad SMARTS) is 1. The Morgan fingerprint density at radius 2 is 2.25 bits per heavy atom. The third kappa shape index (κ3) is 1.69. The number of carbonyl (C=O) groups is 1. The molecule has 5 nitrogen and oxygen atoms in total. The Balaban J connectivity index is 2.82. The van der Waals surface area contributed by atoms with Gasteiger partial charge < -0.3 is 5.11 Å². The molecule has 0 amide bonds. The highest BCUT2D eigenvalue weighted by molar-refractivity contribution is 9.10. The van der Waals surface area contributed by atoms with Gasteiger partial charge in [-0.05, 0) is 21.8 Å². The number of carboxylic acids is 1. The maximum absolute atomic E-state index is 11.2. The highest BCUT2D eigenvalue weighted by Crippen LogP contribution is 2.21. The molecule has 2 rings (SSSR count). The van der Waals surface area contributed by atoms with Crippen molar-refractivity contribution in [3.05, 3.63) is 28.3 Å². The molecule has 0 unspecified atom stereocenters. The fourth-order valence-corrected chi connectivity index (χ4v) is 1.85. The number of aromatic nitrogens is 3. The van der Waals surface area contributed by atoms with E-state index in [1.807, 2.05) is 13.8 Å². The number of hydrogen-bond donors (Lipinski definition) is 1. The SMILES string of the molecule is CC(C)c1nc2ncc(Br)cn2c1C(=O)O. The number of rotatable bonds is 2. The third-order valence-electron chi connectivity index (χ3n) is 2.22. The molecule has 0 aliphatic carbocycles. The van der Waals surface area contributed by atoms with Crippen LogP contribution in [0.4, 0.5) is 0 Å². The Bertz CT molecular complexity index is 562. The van der Waals surface area contributed by atoms with Gasteiger partial charge in [-0.2, -0.15) is 0 Å². The monoisotopic (exact) mass is 283 g/mol. The molecule has 0 saturated carbocycles. The first-order valence-electron chi connectivity index (χ1n) is 4.77. The van der Waals surface area contributed by atoms with Crippen molar-refractivity contribution >= 4 is 27.7 Å². The molecule has 0 atom stereocenters. The van der Waals surface area contributed by atoms with E-state index in [0.29, 0.717) is 11.5 Å². The van der Waals surface area contributed by atoms with Crippen LogP contribution in [0.1, 0.15) is 35.9 Å². The molecule has 1 N–H and O–H groups in total. The summed E-state index contributed by atoms with van der Waals surface area (Å²) in [5, 5.41) is 9.19. The molecular weight excluding hydrogens is 274 g/mol. The van der Waals surface area contributed by atoms with Gasteiger partial charge in [0.2, 0.25) is 5.78 Å². The third-order valence-corrected chi connectivity index (χ3v) is 2.63. The van der Waals surface area contributed by atoms with Crippen molar-refractivity contribution in [2.75, 3.05) is 0 Å². The molecule has 2 aromatic heterocycles. The van der Waals surface area contributed by atoms with Crippen LogP contribution in [0.2, 0.25) is 0 Å². The zero-order valence-electron chi connectivity index (χ0n) is 8.81. The van der Waals surface area contributed by atoms with Gasteiger partial charge in [-0.25, -0.2) is 14.8 Å². The molecule has 84 valence electrons. The van der Waals surface area contributed by atoms with Gasteiger partial charge in [0.1, 0.15) is 0 Å². The van der Waals surface area contributed by atoms with E-state index in [9.17, 15) is 9.90 Å². The number of imidazole rings is 1. The molecule has 0 fully saturated rings. The van der Waals surface area contributed by atoms with Gasteiger partial charge in [0.15, 0.2) is 5.69 Å². The van der Waals surface area contributed by atoms with Crippen molar-refractivity contribution in [2.24, 2.45) is 0 Å². The summed E-state index contributed by atoms with van der Waals surface area (Å²) in [6, 6.07) is 0. The summed E-state index contributed by atoms with van der Waals surface area (Å²) in [7, 11) is 0. The van der Waals surface area contributed by atoms with Gasteiger partial charge in [0.05, 0.1) is 10.2 Å². The molecule has 0 aliphatic heterocycles. The van der Waals surface area contributed by atoms with Crippen LogP contribution in [0.3, 0.4) is 0 Å². The fourth-order valence-electron chi connectivity index (χ4n) is 1.54. The van der Waals surface area contributed by atoms with Gasteiger partial charge >= 0.3 is 5.97 Å². The van der Waals surface area contributed by atoms with E-state index < -0.39 is 5.97 Å². The Morgan fingerprint density at radius 3 is 2.81 bits per heavy atom. The summed E-state index contributed by atoms with van der Waals surface area (Å²) in [5.41, 5.74) is 0.733. The molecule has 6 heteroatoms. The van der Waals surface area contributed by atoms with Crippen LogP contribution in [0, 0.1) is 0 Å². The number of aromatic carboxylic acids is 1. The Kier molecular flexibility index (Phi) is 2.67. The molecule has 0 aromatic carbocycles. The first-order valence-corrected chi connectivity index (χ1v) is 5.56. The van der Waals surface area contributed by atoms with E-state index in [4.69, 9.17) is 0 Å². The highest BCUT2D eigenvalue weighted by Gasteiger charge is 2.21. The summed E-state index contributed by atoms with van der Waals surface area (Å²) in [4.78, 5) is 19.5.